The van der Waals surface area contributed by atoms with Crippen LogP contribution in [-0.2, 0) is 25.8 Å². The van der Waals surface area contributed by atoms with Gasteiger partial charge in [-0.15, -0.1) is 0 Å². The van der Waals surface area contributed by atoms with Gasteiger partial charge in [0.05, 0.1) is 0 Å². The summed E-state index contributed by atoms with van der Waals surface area (Å²) >= 11 is 0. The summed E-state index contributed by atoms with van der Waals surface area (Å²) in [5.74, 6) is 0. The van der Waals surface area contributed by atoms with Crippen LogP contribution in [0, 0.1) is 0 Å². The average molecular weight is 380 g/mol. The molecule has 0 spiro atoms. The fourth-order valence-corrected chi connectivity index (χ4v) is 0.393. The van der Waals surface area contributed by atoms with E-state index in [1.165, 1.54) is 0 Å². The van der Waals surface area contributed by atoms with Crippen LogP contribution in [0.25, 0.3) is 0 Å². The summed E-state index contributed by atoms with van der Waals surface area (Å²) in [6.07, 6.45) is 9.50. The Morgan fingerprint density at radius 1 is 0.667 bits per heavy atom. The second-order valence-corrected chi connectivity index (χ2v) is 2.59. The van der Waals surface area contributed by atoms with Crippen molar-refractivity contribution in [2.75, 3.05) is 42.3 Å². The van der Waals surface area contributed by atoms with Crippen LogP contribution < -0.4 is 16.0 Å². The molecule has 0 atom stereocenters. The Morgan fingerprint density at radius 3 is 0.933 bits per heavy atom. The molecule has 1 rings (SSSR count). The normalized spacial score (nSPS) is 9.47. The van der Waals surface area contributed by atoms with Crippen molar-refractivity contribution in [1.29, 1.82) is 0 Å². The quantitative estimate of drug-likeness (QED) is 0.550. The monoisotopic (exact) mass is 381 g/mol. The zero-order valence-corrected chi connectivity index (χ0v) is 14.6. The summed E-state index contributed by atoms with van der Waals surface area (Å²) in [6.45, 7) is 0. The molecule has 0 aromatic heterocycles. The molecule has 0 saturated carbocycles. The first-order chi connectivity index (χ1) is 6.74. The zero-order valence-electron chi connectivity index (χ0n) is 11.0. The summed E-state index contributed by atoms with van der Waals surface area (Å²) in [5.41, 5.74) is 0. The third kappa shape index (κ3) is 77.8. The first kappa shape index (κ1) is 24.5. The summed E-state index contributed by atoms with van der Waals surface area (Å²) in [5, 5.41) is 8.25. The molecule has 3 N–H and O–H groups in total. The molecular weight excluding hydrogens is 353 g/mol. The molecule has 0 unspecified atom stereocenters. The minimum absolute atomic E-state index is 0. The van der Waals surface area contributed by atoms with Gasteiger partial charge in [-0.25, -0.2) is 0 Å². The predicted molar refractivity (Wildman–Crippen MR) is 67.8 cm³/mol. The van der Waals surface area contributed by atoms with Crippen molar-refractivity contribution >= 4 is 0 Å². The van der Waals surface area contributed by atoms with E-state index in [4.69, 9.17) is 0 Å². The van der Waals surface area contributed by atoms with Gasteiger partial charge in [-0.05, 0) is 48.7 Å². The molecule has 0 aliphatic heterocycles. The van der Waals surface area contributed by atoms with Crippen LogP contribution >= 0.6 is 0 Å². The fraction of sp³-hybridized carbons (Fsp3) is 0.636. The van der Waals surface area contributed by atoms with Crippen LogP contribution in [0.2, 0.25) is 0 Å². The second kappa shape index (κ2) is 36.8. The molecule has 0 aromatic rings. The van der Waals surface area contributed by atoms with E-state index < -0.39 is 0 Å². The van der Waals surface area contributed by atoms with E-state index >= 15 is 0 Å². The van der Waals surface area contributed by atoms with Gasteiger partial charge in [0, 0.05) is 25.8 Å². The van der Waals surface area contributed by atoms with Crippen molar-refractivity contribution in [2.24, 2.45) is 0 Å². The van der Waals surface area contributed by atoms with E-state index in [-0.39, 0.29) is 25.8 Å². The molecule has 90 valence electrons. The van der Waals surface area contributed by atoms with Crippen molar-refractivity contribution in [3.8, 4) is 0 Å². The van der Waals surface area contributed by atoms with Crippen LogP contribution in [0.4, 0.5) is 0 Å². The predicted octanol–water partition coefficient (Wildman–Crippen LogP) is 1.01. The molecular formula is C11H27HfN3. The van der Waals surface area contributed by atoms with Gasteiger partial charge >= 0.3 is 0 Å². The molecule has 0 amide bonds. The van der Waals surface area contributed by atoms with Crippen molar-refractivity contribution in [1.82, 2.24) is 16.0 Å². The van der Waals surface area contributed by atoms with E-state index in [1.807, 2.05) is 42.3 Å². The maximum absolute atomic E-state index is 2.75. The molecule has 0 bridgehead atoms. The van der Waals surface area contributed by atoms with E-state index in [0.717, 1.165) is 6.42 Å². The van der Waals surface area contributed by atoms with Gasteiger partial charge in [0.1, 0.15) is 0 Å². The van der Waals surface area contributed by atoms with E-state index in [1.54, 1.807) is 0 Å². The number of hydrogen-bond donors (Lipinski definition) is 3. The van der Waals surface area contributed by atoms with Crippen molar-refractivity contribution in [3.63, 3.8) is 0 Å². The topological polar surface area (TPSA) is 36.1 Å². The molecule has 0 fully saturated rings. The number of nitrogens with one attached hydrogen (secondary N) is 3. The van der Waals surface area contributed by atoms with Gasteiger partial charge in [-0.1, -0.05) is 24.3 Å². The first-order valence-corrected chi connectivity index (χ1v) is 4.82. The molecule has 0 radical (unpaired) electrons. The summed E-state index contributed by atoms with van der Waals surface area (Å²) in [4.78, 5) is 0. The third-order valence-electron chi connectivity index (χ3n) is 0.655. The SMILES string of the molecule is C1=CCC=C1.CNC.CNC.CNC.[Hf]. The Morgan fingerprint density at radius 2 is 0.867 bits per heavy atom. The second-order valence-electron chi connectivity index (χ2n) is 2.59. The van der Waals surface area contributed by atoms with Gasteiger partial charge in [0.25, 0.3) is 0 Å². The molecule has 0 heterocycles. The zero-order chi connectivity index (χ0) is 11.7. The van der Waals surface area contributed by atoms with E-state index in [2.05, 4.69) is 40.3 Å². The Kier molecular flexibility index (Phi) is 59.9. The number of hydrogen-bond acceptors (Lipinski definition) is 3. The smallest absolute Gasteiger partial charge is 0 e. The molecule has 0 saturated heterocycles. The summed E-state index contributed by atoms with van der Waals surface area (Å²) < 4.78 is 0. The Labute approximate surface area is 115 Å². The van der Waals surface area contributed by atoms with Gasteiger partial charge < -0.3 is 16.0 Å². The average Bonchev–Trinajstić information content (AvgIpc) is 2.63. The standard InChI is InChI=1S/C5H6.3C2H7N.Hf/c1-2-4-5-3-1;3*1-3-2;/h1-4H,5H2;3*3H,1-2H3;. The number of rotatable bonds is 0. The van der Waals surface area contributed by atoms with Gasteiger partial charge in [0.15, 0.2) is 0 Å². The molecule has 15 heavy (non-hydrogen) atoms. The summed E-state index contributed by atoms with van der Waals surface area (Å²) in [6, 6.07) is 0. The Balaban J connectivity index is -0.0000000550. The van der Waals surface area contributed by atoms with Crippen LogP contribution in [0.1, 0.15) is 6.42 Å². The maximum Gasteiger partial charge on any atom is 0 e. The van der Waals surface area contributed by atoms with Crippen LogP contribution in [0.5, 0.6) is 0 Å². The Hall–Kier alpha value is 0.230. The van der Waals surface area contributed by atoms with Gasteiger partial charge in [-0.3, -0.25) is 0 Å². The third-order valence-corrected chi connectivity index (χ3v) is 0.655. The first-order valence-electron chi connectivity index (χ1n) is 4.82. The molecule has 1 aliphatic carbocycles. The van der Waals surface area contributed by atoms with Gasteiger partial charge in [0.2, 0.25) is 0 Å². The largest absolute Gasteiger partial charge is 0.323 e. The van der Waals surface area contributed by atoms with Crippen LogP contribution in [-0.4, -0.2) is 42.3 Å². The number of allylic oxidation sites excluding steroid dienone is 4. The van der Waals surface area contributed by atoms with Gasteiger partial charge in [-0.2, -0.15) is 0 Å². The minimum atomic E-state index is 0. The van der Waals surface area contributed by atoms with Crippen LogP contribution in [0.15, 0.2) is 24.3 Å². The maximum atomic E-state index is 2.75. The minimum Gasteiger partial charge on any atom is -0.323 e. The Bertz CT molecular complexity index is 99.6. The molecule has 1 aliphatic rings. The van der Waals surface area contributed by atoms with Crippen molar-refractivity contribution in [2.45, 2.75) is 6.42 Å². The molecule has 3 nitrogen and oxygen atoms in total. The van der Waals surface area contributed by atoms with Crippen molar-refractivity contribution in [3.05, 3.63) is 24.3 Å². The van der Waals surface area contributed by atoms with E-state index in [9.17, 15) is 0 Å². The van der Waals surface area contributed by atoms with E-state index in [0.29, 0.717) is 0 Å². The summed E-state index contributed by atoms with van der Waals surface area (Å²) in [7, 11) is 11.2. The van der Waals surface area contributed by atoms with Crippen molar-refractivity contribution < 1.29 is 25.8 Å². The fourth-order valence-electron chi connectivity index (χ4n) is 0.393. The molecule has 0 aromatic carbocycles. The molecule has 4 heteroatoms. The van der Waals surface area contributed by atoms with Crippen LogP contribution in [0.3, 0.4) is 0 Å².